The van der Waals surface area contributed by atoms with Crippen molar-refractivity contribution in [2.75, 3.05) is 0 Å². The molecule has 6 rings (SSSR count). The van der Waals surface area contributed by atoms with E-state index in [9.17, 15) is 18.4 Å². The summed E-state index contributed by atoms with van der Waals surface area (Å²) in [4.78, 5) is 31.9. The maximum absolute atomic E-state index is 15.0. The standard InChI is InChI=1S/C37H35F2NO3S2/c1-22(26-13-18-30(31(39)19-26)25-8-4-3-5-9-25)37(42)45-29-16-14-28(15-17-29)44-36-35-27(10-6-7-24-11-12-24)20-34(41)43-33(35)21-32(40-36)23(2)38/h3-5,8-9,13-24,33,35H,6-7,10-12H2,1-2H3. The number of hydrogen-bond acceptors (Lipinski definition) is 6. The smallest absolute Gasteiger partial charge is 0.331 e. The summed E-state index contributed by atoms with van der Waals surface area (Å²) in [6, 6.07) is 21.9. The molecule has 0 radical (unpaired) electrons. The van der Waals surface area contributed by atoms with Crippen LogP contribution >= 0.6 is 23.5 Å². The highest BCUT2D eigenvalue weighted by Gasteiger charge is 2.39. The van der Waals surface area contributed by atoms with Crippen LogP contribution in [0.5, 0.6) is 0 Å². The first-order valence-corrected chi connectivity index (χ1v) is 17.1. The number of fused-ring (bicyclic) bond motifs is 1. The van der Waals surface area contributed by atoms with Crippen molar-refractivity contribution < 1.29 is 23.1 Å². The number of allylic oxidation sites excluding steroid dienone is 1. The molecule has 3 aromatic carbocycles. The number of aliphatic imine (C=N–C) groups is 1. The number of benzene rings is 3. The van der Waals surface area contributed by atoms with Crippen LogP contribution in [0.2, 0.25) is 0 Å². The van der Waals surface area contributed by atoms with Gasteiger partial charge in [0.05, 0.1) is 22.6 Å². The number of halogens is 2. The first-order valence-electron chi connectivity index (χ1n) is 15.4. The van der Waals surface area contributed by atoms with Gasteiger partial charge in [-0.1, -0.05) is 92.2 Å². The van der Waals surface area contributed by atoms with Gasteiger partial charge in [0.2, 0.25) is 5.12 Å². The molecule has 1 fully saturated rings. The van der Waals surface area contributed by atoms with Gasteiger partial charge in [-0.05, 0) is 78.8 Å². The fourth-order valence-electron chi connectivity index (χ4n) is 5.75. The zero-order valence-electron chi connectivity index (χ0n) is 25.2. The molecule has 4 unspecified atom stereocenters. The highest BCUT2D eigenvalue weighted by atomic mass is 32.2. The van der Waals surface area contributed by atoms with Crippen LogP contribution in [-0.2, 0) is 14.3 Å². The number of nitrogens with zero attached hydrogens (tertiary/aromatic N) is 1. The van der Waals surface area contributed by atoms with Gasteiger partial charge < -0.3 is 4.74 Å². The van der Waals surface area contributed by atoms with Crippen LogP contribution in [0.3, 0.4) is 0 Å². The topological polar surface area (TPSA) is 55.7 Å². The molecule has 8 heteroatoms. The van der Waals surface area contributed by atoms with Crippen LogP contribution in [0.15, 0.2) is 111 Å². The average molecular weight is 644 g/mol. The van der Waals surface area contributed by atoms with Gasteiger partial charge in [0, 0.05) is 21.4 Å². The minimum absolute atomic E-state index is 0.0847. The summed E-state index contributed by atoms with van der Waals surface area (Å²) in [5.74, 6) is -0.673. The van der Waals surface area contributed by atoms with Crippen molar-refractivity contribution >= 4 is 39.7 Å². The van der Waals surface area contributed by atoms with Crippen LogP contribution in [0.25, 0.3) is 11.1 Å². The van der Waals surface area contributed by atoms with E-state index in [1.165, 1.54) is 37.6 Å². The molecule has 0 N–H and O–H groups in total. The summed E-state index contributed by atoms with van der Waals surface area (Å²) in [5.41, 5.74) is 3.18. The van der Waals surface area contributed by atoms with E-state index in [2.05, 4.69) is 0 Å². The molecule has 1 saturated carbocycles. The van der Waals surface area contributed by atoms with Gasteiger partial charge >= 0.3 is 5.97 Å². The first-order chi connectivity index (χ1) is 21.7. The molecule has 1 aliphatic carbocycles. The Hall–Kier alpha value is -3.49. The molecule has 2 heterocycles. The molecule has 0 bridgehead atoms. The molecule has 3 aliphatic rings. The Kier molecular flexibility index (Phi) is 9.71. The van der Waals surface area contributed by atoms with Crippen molar-refractivity contribution in [3.63, 3.8) is 0 Å². The Balaban J connectivity index is 1.13. The molecule has 0 amide bonds. The molecule has 0 saturated heterocycles. The lowest BCUT2D eigenvalue weighted by Crippen LogP contribution is -2.38. The van der Waals surface area contributed by atoms with Crippen molar-refractivity contribution in [1.82, 2.24) is 0 Å². The van der Waals surface area contributed by atoms with Gasteiger partial charge in [-0.2, -0.15) is 0 Å². The lowest BCUT2D eigenvalue weighted by Gasteiger charge is -2.34. The Morgan fingerprint density at radius 3 is 2.44 bits per heavy atom. The zero-order valence-corrected chi connectivity index (χ0v) is 26.9. The van der Waals surface area contributed by atoms with E-state index in [1.807, 2.05) is 60.7 Å². The number of thioether (sulfide) groups is 2. The predicted molar refractivity (Wildman–Crippen MR) is 178 cm³/mol. The third-order valence-corrected chi connectivity index (χ3v) is 10.6. The van der Waals surface area contributed by atoms with Crippen molar-refractivity contribution in [3.8, 4) is 11.1 Å². The van der Waals surface area contributed by atoms with E-state index in [4.69, 9.17) is 9.73 Å². The van der Waals surface area contributed by atoms with Gasteiger partial charge in [0.25, 0.3) is 0 Å². The molecule has 232 valence electrons. The van der Waals surface area contributed by atoms with Crippen molar-refractivity contribution in [2.24, 2.45) is 16.8 Å². The Bertz CT molecular complexity index is 1660. The molecule has 4 atom stereocenters. The second-order valence-corrected chi connectivity index (χ2v) is 14.1. The minimum atomic E-state index is -1.29. The van der Waals surface area contributed by atoms with Crippen LogP contribution in [0.1, 0.15) is 57.4 Å². The molecule has 2 aliphatic heterocycles. The molecule has 3 aromatic rings. The normalized spacial score (nSPS) is 20.7. The summed E-state index contributed by atoms with van der Waals surface area (Å²) >= 11 is 2.56. The van der Waals surface area contributed by atoms with Gasteiger partial charge in [0.15, 0.2) is 0 Å². The first kappa shape index (κ1) is 31.5. The Morgan fingerprint density at radius 2 is 1.76 bits per heavy atom. The zero-order chi connectivity index (χ0) is 31.5. The summed E-state index contributed by atoms with van der Waals surface area (Å²) in [6.07, 6.45) is 6.89. The van der Waals surface area contributed by atoms with E-state index in [1.54, 1.807) is 25.1 Å². The SMILES string of the molecule is CC(F)C1=CC2OC(=O)C=C(CCCC3CC3)C2C(Sc2ccc(SC(=O)C(C)c3ccc(-c4ccccc4)c(F)c3)cc2)=N1. The second-order valence-electron chi connectivity index (χ2n) is 11.9. The molecular formula is C37H35F2NO3S2. The molecular weight excluding hydrogens is 609 g/mol. The molecule has 4 nitrogen and oxygen atoms in total. The van der Waals surface area contributed by atoms with Crippen LogP contribution in [0, 0.1) is 17.7 Å². The van der Waals surface area contributed by atoms with E-state index in [0.717, 1.165) is 57.9 Å². The van der Waals surface area contributed by atoms with Crippen molar-refractivity contribution in [2.45, 2.75) is 73.9 Å². The fraction of sp³-hybridized carbons (Fsp3) is 0.324. The van der Waals surface area contributed by atoms with Crippen molar-refractivity contribution in [3.05, 3.63) is 108 Å². The van der Waals surface area contributed by atoms with Gasteiger partial charge in [-0.15, -0.1) is 0 Å². The van der Waals surface area contributed by atoms with Gasteiger partial charge in [-0.3, -0.25) is 4.79 Å². The second kappa shape index (κ2) is 13.9. The number of carbonyl (C=O) groups is 2. The fourth-order valence-corrected chi connectivity index (χ4v) is 7.64. The van der Waals surface area contributed by atoms with Crippen LogP contribution < -0.4 is 0 Å². The Morgan fingerprint density at radius 1 is 1.02 bits per heavy atom. The third kappa shape index (κ3) is 7.67. The monoisotopic (exact) mass is 643 g/mol. The predicted octanol–water partition coefficient (Wildman–Crippen LogP) is 9.71. The van der Waals surface area contributed by atoms with E-state index in [0.29, 0.717) is 16.2 Å². The van der Waals surface area contributed by atoms with Crippen LogP contribution in [0.4, 0.5) is 8.78 Å². The van der Waals surface area contributed by atoms with E-state index < -0.39 is 18.2 Å². The largest absolute Gasteiger partial charge is 0.454 e. The van der Waals surface area contributed by atoms with Gasteiger partial charge in [-0.25, -0.2) is 18.6 Å². The highest BCUT2D eigenvalue weighted by molar-refractivity contribution is 8.14. The van der Waals surface area contributed by atoms with E-state index in [-0.39, 0.29) is 28.5 Å². The Labute approximate surface area is 271 Å². The molecule has 0 aromatic heterocycles. The van der Waals surface area contributed by atoms with Gasteiger partial charge in [0.1, 0.15) is 18.1 Å². The summed E-state index contributed by atoms with van der Waals surface area (Å²) in [7, 11) is 0. The summed E-state index contributed by atoms with van der Waals surface area (Å²) < 4.78 is 35.0. The van der Waals surface area contributed by atoms with Crippen LogP contribution in [-0.4, -0.2) is 28.4 Å². The average Bonchev–Trinajstić information content (AvgIpc) is 3.86. The summed E-state index contributed by atoms with van der Waals surface area (Å²) in [5, 5.41) is 0.622. The quantitative estimate of drug-likeness (QED) is 0.163. The number of carbonyl (C=O) groups excluding carboxylic acids is 2. The minimum Gasteiger partial charge on any atom is -0.454 e. The maximum Gasteiger partial charge on any atom is 0.331 e. The number of rotatable bonds is 10. The highest BCUT2D eigenvalue weighted by Crippen LogP contribution is 2.41. The summed E-state index contributed by atoms with van der Waals surface area (Å²) in [6.45, 7) is 3.23. The number of ether oxygens (including phenoxy) is 1. The lowest BCUT2D eigenvalue weighted by molar-refractivity contribution is -0.143. The van der Waals surface area contributed by atoms with Crippen molar-refractivity contribution in [1.29, 1.82) is 0 Å². The maximum atomic E-state index is 15.0. The number of esters is 1. The number of alkyl halides is 1. The lowest BCUT2D eigenvalue weighted by atomic mass is 9.86. The number of hydrogen-bond donors (Lipinski definition) is 0. The third-order valence-electron chi connectivity index (χ3n) is 8.50. The molecule has 0 spiro atoms. The van der Waals surface area contributed by atoms with E-state index >= 15 is 0 Å². The molecule has 45 heavy (non-hydrogen) atoms.